The van der Waals surface area contributed by atoms with Crippen LogP contribution in [-0.4, -0.2) is 27.8 Å². The van der Waals surface area contributed by atoms with Crippen LogP contribution in [0.3, 0.4) is 0 Å². The Kier molecular flexibility index (Phi) is 4.57. The van der Waals surface area contributed by atoms with Gasteiger partial charge in [-0.1, -0.05) is 13.8 Å². The molecule has 0 bridgehead atoms. The zero-order valence-corrected chi connectivity index (χ0v) is 12.6. The van der Waals surface area contributed by atoms with Gasteiger partial charge in [0.1, 0.15) is 6.17 Å². The van der Waals surface area contributed by atoms with Crippen molar-refractivity contribution >= 4 is 11.6 Å². The highest BCUT2D eigenvalue weighted by Gasteiger charge is 2.40. The molecule has 2 rings (SSSR count). The lowest BCUT2D eigenvalue weighted by Gasteiger charge is -2.30. The first-order chi connectivity index (χ1) is 9.99. The fourth-order valence-electron chi connectivity index (χ4n) is 2.65. The summed E-state index contributed by atoms with van der Waals surface area (Å²) < 4.78 is 0. The SMILES string of the molecule is CCC1NC(c2ccc([N+](=O)[O-])cc2)N(C(C)CC)C1=O. The number of nitro benzene ring substituents is 1. The van der Waals surface area contributed by atoms with Gasteiger partial charge in [0.25, 0.3) is 5.69 Å². The number of nitro groups is 1. The maximum Gasteiger partial charge on any atom is 0.269 e. The van der Waals surface area contributed by atoms with E-state index in [1.807, 2.05) is 25.7 Å². The van der Waals surface area contributed by atoms with Gasteiger partial charge in [0.2, 0.25) is 5.91 Å². The Morgan fingerprint density at radius 1 is 1.33 bits per heavy atom. The lowest BCUT2D eigenvalue weighted by Crippen LogP contribution is -2.38. The van der Waals surface area contributed by atoms with Crippen molar-refractivity contribution in [1.82, 2.24) is 10.2 Å². The number of hydrogen-bond donors (Lipinski definition) is 1. The second kappa shape index (κ2) is 6.22. The van der Waals surface area contributed by atoms with E-state index in [2.05, 4.69) is 5.32 Å². The summed E-state index contributed by atoms with van der Waals surface area (Å²) in [5.74, 6) is 0.107. The van der Waals surface area contributed by atoms with Crippen molar-refractivity contribution in [3.8, 4) is 0 Å². The number of non-ortho nitro benzene ring substituents is 1. The molecule has 1 aromatic carbocycles. The molecule has 1 saturated heterocycles. The molecule has 6 nitrogen and oxygen atoms in total. The van der Waals surface area contributed by atoms with Crippen molar-refractivity contribution < 1.29 is 9.72 Å². The molecule has 0 aromatic heterocycles. The molecule has 1 aromatic rings. The van der Waals surface area contributed by atoms with Gasteiger partial charge in [0, 0.05) is 18.2 Å². The first-order valence-electron chi connectivity index (χ1n) is 7.32. The van der Waals surface area contributed by atoms with Gasteiger partial charge in [-0.2, -0.15) is 0 Å². The average molecular weight is 291 g/mol. The molecule has 1 aliphatic rings. The molecule has 1 heterocycles. The predicted octanol–water partition coefficient (Wildman–Crippen LogP) is 2.60. The largest absolute Gasteiger partial charge is 0.319 e. The number of nitrogens with zero attached hydrogens (tertiary/aromatic N) is 2. The van der Waals surface area contributed by atoms with Gasteiger partial charge >= 0.3 is 0 Å². The minimum absolute atomic E-state index is 0.0604. The Morgan fingerprint density at radius 2 is 1.95 bits per heavy atom. The number of carbonyl (C=O) groups excluding carboxylic acids is 1. The van der Waals surface area contributed by atoms with Crippen molar-refractivity contribution in [2.45, 2.75) is 51.9 Å². The van der Waals surface area contributed by atoms with E-state index in [1.54, 1.807) is 12.1 Å². The van der Waals surface area contributed by atoms with Crippen LogP contribution in [0.15, 0.2) is 24.3 Å². The second-order valence-electron chi connectivity index (χ2n) is 5.38. The zero-order valence-electron chi connectivity index (χ0n) is 12.6. The van der Waals surface area contributed by atoms with Gasteiger partial charge in [-0.25, -0.2) is 0 Å². The van der Waals surface area contributed by atoms with E-state index in [0.717, 1.165) is 18.4 Å². The van der Waals surface area contributed by atoms with E-state index in [0.29, 0.717) is 0 Å². The van der Waals surface area contributed by atoms with Gasteiger partial charge < -0.3 is 4.90 Å². The molecule has 0 radical (unpaired) electrons. The van der Waals surface area contributed by atoms with Crippen LogP contribution in [0.4, 0.5) is 5.69 Å². The molecule has 21 heavy (non-hydrogen) atoms. The van der Waals surface area contributed by atoms with Crippen molar-refractivity contribution in [1.29, 1.82) is 0 Å². The zero-order chi connectivity index (χ0) is 15.6. The summed E-state index contributed by atoms with van der Waals surface area (Å²) in [5, 5.41) is 14.1. The Morgan fingerprint density at radius 3 is 2.43 bits per heavy atom. The fraction of sp³-hybridized carbons (Fsp3) is 0.533. The van der Waals surface area contributed by atoms with E-state index >= 15 is 0 Å². The van der Waals surface area contributed by atoms with Crippen molar-refractivity contribution in [2.75, 3.05) is 0 Å². The van der Waals surface area contributed by atoms with Crippen LogP contribution in [-0.2, 0) is 4.79 Å². The number of carbonyl (C=O) groups is 1. The van der Waals surface area contributed by atoms with Gasteiger partial charge in [-0.05, 0) is 37.5 Å². The molecular weight excluding hydrogens is 270 g/mol. The first-order valence-corrected chi connectivity index (χ1v) is 7.32. The van der Waals surface area contributed by atoms with Crippen LogP contribution in [0.1, 0.15) is 45.3 Å². The first kappa shape index (κ1) is 15.4. The highest BCUT2D eigenvalue weighted by Crippen LogP contribution is 2.30. The summed E-state index contributed by atoms with van der Waals surface area (Å²) in [6.07, 6.45) is 1.39. The van der Waals surface area contributed by atoms with E-state index in [4.69, 9.17) is 0 Å². The van der Waals surface area contributed by atoms with Gasteiger partial charge in [0.05, 0.1) is 11.0 Å². The van der Waals surface area contributed by atoms with Gasteiger partial charge in [0.15, 0.2) is 0 Å². The van der Waals surface area contributed by atoms with Gasteiger partial charge in [-0.3, -0.25) is 20.2 Å². The lowest BCUT2D eigenvalue weighted by molar-refractivity contribution is -0.384. The maximum atomic E-state index is 12.5. The minimum Gasteiger partial charge on any atom is -0.319 e. The molecule has 0 saturated carbocycles. The molecule has 3 atom stereocenters. The maximum absolute atomic E-state index is 12.5. The summed E-state index contributed by atoms with van der Waals surface area (Å²) in [7, 11) is 0. The summed E-state index contributed by atoms with van der Waals surface area (Å²) in [5.41, 5.74) is 0.940. The van der Waals surface area contributed by atoms with E-state index in [-0.39, 0.29) is 29.8 Å². The standard InChI is InChI=1S/C15H21N3O3/c1-4-10(3)17-14(16-13(5-2)15(17)19)11-6-8-12(9-7-11)18(20)21/h6-10,13-14,16H,4-5H2,1-3H3. The molecule has 3 unspecified atom stereocenters. The monoisotopic (exact) mass is 291 g/mol. The van der Waals surface area contributed by atoms with Crippen LogP contribution < -0.4 is 5.32 Å². The van der Waals surface area contributed by atoms with Crippen LogP contribution in [0.25, 0.3) is 0 Å². The van der Waals surface area contributed by atoms with E-state index in [1.165, 1.54) is 12.1 Å². The molecule has 1 amide bonds. The average Bonchev–Trinajstić information content (AvgIpc) is 2.83. The molecule has 114 valence electrons. The molecular formula is C15H21N3O3. The van der Waals surface area contributed by atoms with Gasteiger partial charge in [-0.15, -0.1) is 0 Å². The summed E-state index contributed by atoms with van der Waals surface area (Å²) >= 11 is 0. The third-order valence-electron chi connectivity index (χ3n) is 4.08. The van der Waals surface area contributed by atoms with Crippen LogP contribution in [0, 0.1) is 10.1 Å². The predicted molar refractivity (Wildman–Crippen MR) is 79.7 cm³/mol. The Hall–Kier alpha value is -1.95. The molecule has 6 heteroatoms. The Bertz CT molecular complexity index is 529. The molecule has 1 fully saturated rings. The van der Waals surface area contributed by atoms with E-state index < -0.39 is 4.92 Å². The highest BCUT2D eigenvalue weighted by molar-refractivity contribution is 5.84. The smallest absolute Gasteiger partial charge is 0.269 e. The van der Waals surface area contributed by atoms with Crippen molar-refractivity contribution in [3.05, 3.63) is 39.9 Å². The van der Waals surface area contributed by atoms with Crippen LogP contribution in [0.5, 0.6) is 0 Å². The van der Waals surface area contributed by atoms with Crippen LogP contribution >= 0.6 is 0 Å². The number of hydrogen-bond acceptors (Lipinski definition) is 4. The summed E-state index contributed by atoms with van der Waals surface area (Å²) in [6.45, 7) is 6.04. The van der Waals surface area contributed by atoms with Crippen LogP contribution in [0.2, 0.25) is 0 Å². The number of amides is 1. The molecule has 0 aliphatic carbocycles. The number of nitrogens with one attached hydrogen (secondary N) is 1. The third-order valence-corrected chi connectivity index (χ3v) is 4.08. The topological polar surface area (TPSA) is 75.5 Å². The Labute approximate surface area is 124 Å². The number of benzene rings is 1. The molecule has 1 aliphatic heterocycles. The highest BCUT2D eigenvalue weighted by atomic mass is 16.6. The number of rotatable bonds is 5. The normalized spacial score (nSPS) is 23.4. The summed E-state index contributed by atoms with van der Waals surface area (Å²) in [6, 6.07) is 6.35. The third kappa shape index (κ3) is 2.90. The minimum atomic E-state index is -0.418. The lowest BCUT2D eigenvalue weighted by atomic mass is 10.1. The quantitative estimate of drug-likeness (QED) is 0.668. The van der Waals surface area contributed by atoms with E-state index in [9.17, 15) is 14.9 Å². The second-order valence-corrected chi connectivity index (χ2v) is 5.38. The van der Waals surface area contributed by atoms with Crippen molar-refractivity contribution in [3.63, 3.8) is 0 Å². The Balaban J connectivity index is 2.31. The summed E-state index contributed by atoms with van der Waals surface area (Å²) in [4.78, 5) is 24.6. The molecule has 0 spiro atoms. The van der Waals surface area contributed by atoms with Crippen molar-refractivity contribution in [2.24, 2.45) is 0 Å². The molecule has 1 N–H and O–H groups in total. The fourth-order valence-corrected chi connectivity index (χ4v) is 2.65.